The second-order valence-corrected chi connectivity index (χ2v) is 8.48. The van der Waals surface area contributed by atoms with Gasteiger partial charge in [0.15, 0.2) is 6.17 Å². The summed E-state index contributed by atoms with van der Waals surface area (Å²) in [4.78, 5) is 0. The molecule has 0 radical (unpaired) electrons. The monoisotopic (exact) mass is 334 g/mol. The van der Waals surface area contributed by atoms with Crippen molar-refractivity contribution in [3.8, 4) is 0 Å². The number of halogens is 4. The Labute approximate surface area is 137 Å². The van der Waals surface area contributed by atoms with Gasteiger partial charge in [0.05, 0.1) is 0 Å². The van der Waals surface area contributed by atoms with Crippen molar-refractivity contribution in [1.82, 2.24) is 0 Å². The van der Waals surface area contributed by atoms with Gasteiger partial charge in [0, 0.05) is 0 Å². The molecular formula is C19H30F4. The Kier molecular flexibility index (Phi) is 5.57. The average Bonchev–Trinajstić information content (AvgIpc) is 2.53. The molecule has 134 valence electrons. The molecule has 0 spiro atoms. The van der Waals surface area contributed by atoms with Crippen LogP contribution in [0.3, 0.4) is 0 Å². The Morgan fingerprint density at radius 1 is 0.565 bits per heavy atom. The molecule has 3 aliphatic carbocycles. The summed E-state index contributed by atoms with van der Waals surface area (Å²) in [6.45, 7) is 2.28. The fourth-order valence-corrected chi connectivity index (χ4v) is 5.40. The normalized spacial score (nSPS) is 52.3. The van der Waals surface area contributed by atoms with Crippen molar-refractivity contribution < 1.29 is 17.6 Å². The van der Waals surface area contributed by atoms with Crippen LogP contribution in [-0.2, 0) is 0 Å². The first kappa shape index (κ1) is 17.5. The highest BCUT2D eigenvalue weighted by molar-refractivity contribution is 4.94. The van der Waals surface area contributed by atoms with Crippen LogP contribution in [0.1, 0.15) is 64.7 Å². The van der Waals surface area contributed by atoms with E-state index in [9.17, 15) is 17.6 Å². The van der Waals surface area contributed by atoms with Crippen LogP contribution in [0.2, 0.25) is 0 Å². The fraction of sp³-hybridized carbons (Fsp3) is 1.00. The third-order valence-corrected chi connectivity index (χ3v) is 6.94. The van der Waals surface area contributed by atoms with Crippen LogP contribution in [-0.4, -0.2) is 24.7 Å². The summed E-state index contributed by atoms with van der Waals surface area (Å²) in [5, 5.41) is 0. The topological polar surface area (TPSA) is 0 Å². The molecule has 0 heterocycles. The van der Waals surface area contributed by atoms with Crippen molar-refractivity contribution in [1.29, 1.82) is 0 Å². The summed E-state index contributed by atoms with van der Waals surface area (Å²) < 4.78 is 55.3. The van der Waals surface area contributed by atoms with E-state index < -0.39 is 24.7 Å². The zero-order valence-electron chi connectivity index (χ0n) is 14.1. The number of alkyl halides is 4. The van der Waals surface area contributed by atoms with Gasteiger partial charge in [-0.05, 0) is 74.5 Å². The van der Waals surface area contributed by atoms with Gasteiger partial charge in [0.2, 0.25) is 0 Å². The highest BCUT2D eigenvalue weighted by Crippen LogP contribution is 2.47. The molecule has 3 aliphatic rings. The third kappa shape index (κ3) is 3.87. The van der Waals surface area contributed by atoms with Gasteiger partial charge in [-0.2, -0.15) is 0 Å². The van der Waals surface area contributed by atoms with E-state index in [0.717, 1.165) is 18.8 Å². The third-order valence-electron chi connectivity index (χ3n) is 6.94. The molecule has 0 aromatic heterocycles. The predicted octanol–water partition coefficient (Wildman–Crippen LogP) is 5.99. The second kappa shape index (κ2) is 7.31. The molecule has 0 aliphatic heterocycles. The van der Waals surface area contributed by atoms with E-state index in [1.165, 1.54) is 25.7 Å². The molecule has 3 rings (SSSR count). The van der Waals surface area contributed by atoms with E-state index in [4.69, 9.17) is 0 Å². The quantitative estimate of drug-likeness (QED) is 0.544. The molecule has 0 saturated heterocycles. The lowest BCUT2D eigenvalue weighted by Crippen LogP contribution is -2.43. The van der Waals surface area contributed by atoms with Crippen molar-refractivity contribution in [2.24, 2.45) is 29.6 Å². The van der Waals surface area contributed by atoms with Crippen LogP contribution < -0.4 is 0 Å². The van der Waals surface area contributed by atoms with Gasteiger partial charge in [0.1, 0.15) is 18.5 Å². The lowest BCUT2D eigenvalue weighted by molar-refractivity contribution is -0.0285. The summed E-state index contributed by atoms with van der Waals surface area (Å²) >= 11 is 0. The van der Waals surface area contributed by atoms with Gasteiger partial charge in [-0.3, -0.25) is 0 Å². The smallest absolute Gasteiger partial charge is 0.162 e. The van der Waals surface area contributed by atoms with Crippen molar-refractivity contribution in [2.45, 2.75) is 89.4 Å². The molecule has 0 nitrogen and oxygen atoms in total. The predicted molar refractivity (Wildman–Crippen MR) is 84.3 cm³/mol. The molecule has 0 bridgehead atoms. The highest BCUT2D eigenvalue weighted by Gasteiger charge is 2.45. The molecule has 3 fully saturated rings. The fourth-order valence-electron chi connectivity index (χ4n) is 5.40. The van der Waals surface area contributed by atoms with Crippen molar-refractivity contribution in [2.75, 3.05) is 0 Å². The van der Waals surface area contributed by atoms with E-state index in [0.29, 0.717) is 18.3 Å². The molecule has 3 saturated carbocycles. The van der Waals surface area contributed by atoms with Gasteiger partial charge in [0.25, 0.3) is 0 Å². The van der Waals surface area contributed by atoms with Crippen LogP contribution in [0.25, 0.3) is 0 Å². The summed E-state index contributed by atoms with van der Waals surface area (Å²) in [5.74, 6) is 1.28. The minimum absolute atomic E-state index is 0.00170. The van der Waals surface area contributed by atoms with E-state index in [-0.39, 0.29) is 24.7 Å². The lowest BCUT2D eigenvalue weighted by atomic mass is 9.64. The van der Waals surface area contributed by atoms with Crippen LogP contribution in [0.15, 0.2) is 0 Å². The Bertz CT molecular complexity index is 368. The number of hydrogen-bond donors (Lipinski definition) is 0. The highest BCUT2D eigenvalue weighted by atomic mass is 19.2. The minimum atomic E-state index is -2.01. The molecule has 0 aromatic carbocycles. The molecule has 5 unspecified atom stereocenters. The largest absolute Gasteiger partial charge is 0.247 e. The van der Waals surface area contributed by atoms with Crippen molar-refractivity contribution >= 4 is 0 Å². The van der Waals surface area contributed by atoms with E-state index >= 15 is 0 Å². The molecule has 23 heavy (non-hydrogen) atoms. The standard InChI is InChI=1S/C19H30F4/c1-11-2-4-12(5-3-11)13-6-7-15(16(20)8-13)14-9-17(21)19(23)18(22)10-14/h11-19H,2-10H2,1H3. The Morgan fingerprint density at radius 2 is 1.09 bits per heavy atom. The second-order valence-electron chi connectivity index (χ2n) is 8.48. The Hall–Kier alpha value is -0.280. The van der Waals surface area contributed by atoms with E-state index in [1.54, 1.807) is 0 Å². The Morgan fingerprint density at radius 3 is 1.65 bits per heavy atom. The summed E-state index contributed by atoms with van der Waals surface area (Å²) in [5.41, 5.74) is 0. The van der Waals surface area contributed by atoms with Crippen LogP contribution in [0, 0.1) is 29.6 Å². The van der Waals surface area contributed by atoms with Gasteiger partial charge < -0.3 is 0 Å². The van der Waals surface area contributed by atoms with Crippen LogP contribution >= 0.6 is 0 Å². The first-order chi connectivity index (χ1) is 11.0. The van der Waals surface area contributed by atoms with E-state index in [1.807, 2.05) is 0 Å². The summed E-state index contributed by atoms with van der Waals surface area (Å²) in [6.07, 6.45) is 0.658. The SMILES string of the molecule is CC1CCC(C2CCC(C3CC(F)C(F)C(F)C3)C(F)C2)CC1. The Balaban J connectivity index is 1.54. The first-order valence-electron chi connectivity index (χ1n) is 9.52. The van der Waals surface area contributed by atoms with Gasteiger partial charge in [-0.15, -0.1) is 0 Å². The first-order valence-corrected chi connectivity index (χ1v) is 9.52. The minimum Gasteiger partial charge on any atom is -0.247 e. The molecule has 0 N–H and O–H groups in total. The van der Waals surface area contributed by atoms with Gasteiger partial charge >= 0.3 is 0 Å². The zero-order chi connectivity index (χ0) is 16.6. The van der Waals surface area contributed by atoms with Gasteiger partial charge in [-0.25, -0.2) is 17.6 Å². The lowest BCUT2D eigenvalue weighted by Gasteiger charge is -2.43. The molecule has 0 aromatic rings. The molecule has 0 amide bonds. The van der Waals surface area contributed by atoms with Crippen LogP contribution in [0.4, 0.5) is 17.6 Å². The average molecular weight is 334 g/mol. The molecule has 5 atom stereocenters. The van der Waals surface area contributed by atoms with Crippen LogP contribution in [0.5, 0.6) is 0 Å². The summed E-state index contributed by atoms with van der Waals surface area (Å²) in [6, 6.07) is 0. The maximum absolute atomic E-state index is 14.7. The number of hydrogen-bond acceptors (Lipinski definition) is 0. The number of rotatable bonds is 2. The van der Waals surface area contributed by atoms with Gasteiger partial charge in [-0.1, -0.05) is 19.8 Å². The van der Waals surface area contributed by atoms with Crippen molar-refractivity contribution in [3.63, 3.8) is 0 Å². The maximum Gasteiger partial charge on any atom is 0.162 e. The molecule has 4 heteroatoms. The van der Waals surface area contributed by atoms with Crippen molar-refractivity contribution in [3.05, 3.63) is 0 Å². The van der Waals surface area contributed by atoms with E-state index in [2.05, 4.69) is 6.92 Å². The summed E-state index contributed by atoms with van der Waals surface area (Å²) in [7, 11) is 0. The maximum atomic E-state index is 14.7. The molecular weight excluding hydrogens is 304 g/mol. The zero-order valence-corrected chi connectivity index (χ0v) is 14.1.